The van der Waals surface area contributed by atoms with Gasteiger partial charge >= 0.3 is 0 Å². The third kappa shape index (κ3) is 3.10. The Morgan fingerprint density at radius 2 is 1.57 bits per heavy atom. The number of rotatable bonds is 2. The van der Waals surface area contributed by atoms with Crippen LogP contribution in [0.1, 0.15) is 0 Å². The highest BCUT2D eigenvalue weighted by molar-refractivity contribution is 9.10. The van der Waals surface area contributed by atoms with E-state index in [2.05, 4.69) is 25.9 Å². The Morgan fingerprint density at radius 3 is 2.14 bits per heavy atom. The Balaban J connectivity index is 2.15. The standard InChI is InChI=1S/C14H6BrCl3N2S/c15-8-4-2-1-3-7(8)11-12(17)19-14(20-13(11)18)9-5-6-10(16)21-9/h1-6H. The van der Waals surface area contributed by atoms with Gasteiger partial charge in [-0.1, -0.05) is 68.9 Å². The van der Waals surface area contributed by atoms with Crippen LogP contribution in [0.25, 0.3) is 21.8 Å². The topological polar surface area (TPSA) is 25.8 Å². The highest BCUT2D eigenvalue weighted by Gasteiger charge is 2.17. The summed E-state index contributed by atoms with van der Waals surface area (Å²) in [5, 5.41) is 0.614. The van der Waals surface area contributed by atoms with E-state index in [9.17, 15) is 0 Å². The zero-order valence-corrected chi connectivity index (χ0v) is 14.9. The van der Waals surface area contributed by atoms with E-state index in [1.165, 1.54) is 11.3 Å². The summed E-state index contributed by atoms with van der Waals surface area (Å²) in [4.78, 5) is 9.49. The molecule has 0 atom stereocenters. The molecule has 0 N–H and O–H groups in total. The molecule has 2 aromatic heterocycles. The van der Waals surface area contributed by atoms with Crippen molar-refractivity contribution < 1.29 is 0 Å². The molecule has 7 heteroatoms. The van der Waals surface area contributed by atoms with Crippen molar-refractivity contribution in [1.29, 1.82) is 0 Å². The average Bonchev–Trinajstić information content (AvgIpc) is 2.87. The summed E-state index contributed by atoms with van der Waals surface area (Å²) in [5.41, 5.74) is 1.46. The van der Waals surface area contributed by atoms with Gasteiger partial charge in [-0.15, -0.1) is 11.3 Å². The lowest BCUT2D eigenvalue weighted by atomic mass is 10.1. The summed E-state index contributed by atoms with van der Waals surface area (Å²) in [6.07, 6.45) is 0. The van der Waals surface area contributed by atoms with E-state index in [0.717, 1.165) is 14.9 Å². The molecule has 2 nitrogen and oxygen atoms in total. The molecule has 0 spiro atoms. The number of thiophene rings is 1. The zero-order valence-electron chi connectivity index (χ0n) is 10.3. The minimum Gasteiger partial charge on any atom is -0.215 e. The average molecular weight is 421 g/mol. The van der Waals surface area contributed by atoms with Gasteiger partial charge in [-0.05, 0) is 18.2 Å². The van der Waals surface area contributed by atoms with Crippen molar-refractivity contribution in [3.8, 4) is 21.8 Å². The molecule has 106 valence electrons. The molecule has 21 heavy (non-hydrogen) atoms. The van der Waals surface area contributed by atoms with Crippen LogP contribution in [0.2, 0.25) is 14.6 Å². The Morgan fingerprint density at radius 1 is 0.905 bits per heavy atom. The molecule has 3 rings (SSSR count). The molecule has 3 aromatic rings. The summed E-state index contributed by atoms with van der Waals surface area (Å²) in [7, 11) is 0. The van der Waals surface area contributed by atoms with Crippen molar-refractivity contribution >= 4 is 62.1 Å². The van der Waals surface area contributed by atoms with Gasteiger partial charge in [0.2, 0.25) is 0 Å². The maximum atomic E-state index is 6.31. The largest absolute Gasteiger partial charge is 0.215 e. The van der Waals surface area contributed by atoms with Crippen molar-refractivity contribution in [1.82, 2.24) is 9.97 Å². The fraction of sp³-hybridized carbons (Fsp3) is 0. The second-order valence-electron chi connectivity index (χ2n) is 4.09. The molecule has 0 aliphatic rings. The molecule has 0 radical (unpaired) electrons. The van der Waals surface area contributed by atoms with Gasteiger partial charge in [-0.25, -0.2) is 9.97 Å². The number of aromatic nitrogens is 2. The summed E-state index contributed by atoms with van der Waals surface area (Å²) >= 11 is 23.4. The summed E-state index contributed by atoms with van der Waals surface area (Å²) in [6, 6.07) is 11.3. The predicted molar refractivity (Wildman–Crippen MR) is 93.5 cm³/mol. The van der Waals surface area contributed by atoms with Crippen molar-refractivity contribution in [2.75, 3.05) is 0 Å². The molecule has 0 aliphatic heterocycles. The molecule has 0 saturated carbocycles. The fourth-order valence-electron chi connectivity index (χ4n) is 1.84. The van der Waals surface area contributed by atoms with Gasteiger partial charge < -0.3 is 0 Å². The van der Waals surface area contributed by atoms with Gasteiger partial charge in [0.05, 0.1) is 14.8 Å². The second-order valence-corrected chi connectivity index (χ2v) is 7.37. The molecule has 1 aromatic carbocycles. The van der Waals surface area contributed by atoms with Crippen molar-refractivity contribution in [3.05, 3.63) is 55.5 Å². The van der Waals surface area contributed by atoms with Gasteiger partial charge in [-0.3, -0.25) is 0 Å². The van der Waals surface area contributed by atoms with Gasteiger partial charge in [0.15, 0.2) is 5.82 Å². The minimum atomic E-state index is 0.307. The number of hydrogen-bond acceptors (Lipinski definition) is 3. The predicted octanol–water partition coefficient (Wildman–Crippen LogP) is 6.59. The van der Waals surface area contributed by atoms with Gasteiger partial charge in [0.25, 0.3) is 0 Å². The smallest absolute Gasteiger partial charge is 0.172 e. The monoisotopic (exact) mass is 418 g/mol. The van der Waals surface area contributed by atoms with Crippen LogP contribution < -0.4 is 0 Å². The van der Waals surface area contributed by atoms with Crippen LogP contribution in [0, 0.1) is 0 Å². The maximum absolute atomic E-state index is 6.31. The summed E-state index contributed by atoms with van der Waals surface area (Å²) < 4.78 is 1.54. The molecule has 0 amide bonds. The Kier molecular flexibility index (Phi) is 4.52. The number of hydrogen-bond donors (Lipinski definition) is 0. The van der Waals surface area contributed by atoms with E-state index < -0.39 is 0 Å². The fourth-order valence-corrected chi connectivity index (χ4v) is 3.89. The Labute approximate surface area is 148 Å². The van der Waals surface area contributed by atoms with Crippen molar-refractivity contribution in [3.63, 3.8) is 0 Å². The first-order chi connectivity index (χ1) is 10.1. The molecule has 0 unspecified atom stereocenters. The third-order valence-corrected chi connectivity index (χ3v) is 5.22. The molecule has 0 bridgehead atoms. The molecule has 2 heterocycles. The zero-order chi connectivity index (χ0) is 15.0. The SMILES string of the molecule is Clc1ccc(-c2nc(Cl)c(-c3ccccc3Br)c(Cl)n2)s1. The van der Waals surface area contributed by atoms with E-state index in [0.29, 0.717) is 26.0 Å². The number of halogens is 4. The van der Waals surface area contributed by atoms with Gasteiger partial charge in [0.1, 0.15) is 10.3 Å². The van der Waals surface area contributed by atoms with Gasteiger partial charge in [-0.2, -0.15) is 0 Å². The van der Waals surface area contributed by atoms with Gasteiger partial charge in [0, 0.05) is 10.0 Å². The van der Waals surface area contributed by atoms with E-state index >= 15 is 0 Å². The van der Waals surface area contributed by atoms with Crippen LogP contribution in [0.3, 0.4) is 0 Å². The quantitative estimate of drug-likeness (QED) is 0.437. The van der Waals surface area contributed by atoms with Crippen LogP contribution in [0.15, 0.2) is 40.9 Å². The first kappa shape index (κ1) is 15.3. The second kappa shape index (κ2) is 6.23. The molecular formula is C14H6BrCl3N2S. The Bertz CT molecular complexity index is 796. The molecular weight excluding hydrogens is 414 g/mol. The summed E-state index contributed by atoms with van der Waals surface area (Å²) in [6.45, 7) is 0. The van der Waals surface area contributed by atoms with E-state index in [-0.39, 0.29) is 0 Å². The van der Waals surface area contributed by atoms with Crippen LogP contribution in [-0.4, -0.2) is 9.97 Å². The van der Waals surface area contributed by atoms with Crippen molar-refractivity contribution in [2.24, 2.45) is 0 Å². The third-order valence-electron chi connectivity index (χ3n) is 2.76. The molecule has 0 fully saturated rings. The van der Waals surface area contributed by atoms with E-state index in [1.54, 1.807) is 6.07 Å². The van der Waals surface area contributed by atoms with Crippen molar-refractivity contribution in [2.45, 2.75) is 0 Å². The lowest BCUT2D eigenvalue weighted by Gasteiger charge is -2.09. The van der Waals surface area contributed by atoms with Crippen LogP contribution >= 0.6 is 62.1 Å². The Hall–Kier alpha value is -0.650. The first-order valence-corrected chi connectivity index (χ1v) is 8.54. The summed E-state index contributed by atoms with van der Waals surface area (Å²) in [5.74, 6) is 0.470. The normalized spacial score (nSPS) is 10.9. The molecule has 0 saturated heterocycles. The van der Waals surface area contributed by atoms with Crippen LogP contribution in [-0.2, 0) is 0 Å². The minimum absolute atomic E-state index is 0.307. The number of benzene rings is 1. The highest BCUT2D eigenvalue weighted by Crippen LogP contribution is 2.39. The lowest BCUT2D eigenvalue weighted by Crippen LogP contribution is -1.94. The first-order valence-electron chi connectivity index (χ1n) is 5.80. The van der Waals surface area contributed by atoms with E-state index in [1.807, 2.05) is 30.3 Å². The highest BCUT2D eigenvalue weighted by atomic mass is 79.9. The van der Waals surface area contributed by atoms with E-state index in [4.69, 9.17) is 34.8 Å². The molecule has 0 aliphatic carbocycles. The van der Waals surface area contributed by atoms with Crippen LogP contribution in [0.4, 0.5) is 0 Å². The maximum Gasteiger partial charge on any atom is 0.172 e. The lowest BCUT2D eigenvalue weighted by molar-refractivity contribution is 1.19. The van der Waals surface area contributed by atoms with Crippen LogP contribution in [0.5, 0.6) is 0 Å². The number of nitrogens with zero attached hydrogens (tertiary/aromatic N) is 2.